The molecule has 0 saturated carbocycles. The van der Waals surface area contributed by atoms with Gasteiger partial charge < -0.3 is 0 Å². The van der Waals surface area contributed by atoms with E-state index < -0.39 is 0 Å². The van der Waals surface area contributed by atoms with E-state index in [0.717, 1.165) is 5.92 Å². The van der Waals surface area contributed by atoms with Crippen LogP contribution in [0.3, 0.4) is 0 Å². The van der Waals surface area contributed by atoms with Crippen molar-refractivity contribution in [1.82, 2.24) is 4.90 Å². The Kier molecular flexibility index (Phi) is 2.42. The van der Waals surface area contributed by atoms with Crippen LogP contribution >= 0.6 is 0 Å². The van der Waals surface area contributed by atoms with Crippen molar-refractivity contribution in [2.24, 2.45) is 11.3 Å². The molecule has 0 aromatic carbocycles. The zero-order valence-electron chi connectivity index (χ0n) is 10.3. The molecule has 82 valence electrons. The molecule has 1 unspecified atom stereocenters. The molecule has 2 aliphatic heterocycles. The van der Waals surface area contributed by atoms with Crippen molar-refractivity contribution in [2.45, 2.75) is 58.9 Å². The van der Waals surface area contributed by atoms with Crippen molar-refractivity contribution < 1.29 is 0 Å². The normalized spacial score (nSPS) is 35.8. The molecule has 0 bridgehead atoms. The second kappa shape index (κ2) is 3.23. The quantitative estimate of drug-likeness (QED) is 0.668. The summed E-state index contributed by atoms with van der Waals surface area (Å²) in [6.07, 6.45) is 5.65. The minimum Gasteiger partial charge on any atom is -0.297 e. The third kappa shape index (κ3) is 1.18. The first-order chi connectivity index (χ1) is 6.58. The third-order valence-corrected chi connectivity index (χ3v) is 5.23. The molecule has 2 rings (SSSR count). The Hall–Kier alpha value is -0.0400. The molecule has 1 atom stereocenters. The molecule has 0 aliphatic carbocycles. The van der Waals surface area contributed by atoms with E-state index in [1.54, 1.807) is 0 Å². The minimum absolute atomic E-state index is 0.603. The summed E-state index contributed by atoms with van der Waals surface area (Å²) in [4.78, 5) is 2.77. The van der Waals surface area contributed by atoms with E-state index in [0.29, 0.717) is 11.0 Å². The van der Waals surface area contributed by atoms with Crippen molar-refractivity contribution in [3.63, 3.8) is 0 Å². The molecule has 1 nitrogen and oxygen atoms in total. The first-order valence-electron chi connectivity index (χ1n) is 6.33. The van der Waals surface area contributed by atoms with E-state index in [1.807, 2.05) is 0 Å². The topological polar surface area (TPSA) is 3.24 Å². The van der Waals surface area contributed by atoms with E-state index in [1.165, 1.54) is 38.8 Å². The fourth-order valence-corrected chi connectivity index (χ4v) is 3.69. The van der Waals surface area contributed by atoms with Gasteiger partial charge >= 0.3 is 0 Å². The van der Waals surface area contributed by atoms with E-state index in [2.05, 4.69) is 32.6 Å². The predicted octanol–water partition coefficient (Wildman–Crippen LogP) is 3.30. The SMILES string of the molecule is CCC1(CC)CN2CCC2(C(C)C)C1. The van der Waals surface area contributed by atoms with Gasteiger partial charge in [-0.2, -0.15) is 0 Å². The molecule has 0 N–H and O–H groups in total. The lowest BCUT2D eigenvalue weighted by molar-refractivity contribution is -0.0116. The molecular formula is C13H25N. The van der Waals surface area contributed by atoms with Gasteiger partial charge in [0.05, 0.1) is 0 Å². The van der Waals surface area contributed by atoms with Crippen LogP contribution in [-0.4, -0.2) is 23.5 Å². The van der Waals surface area contributed by atoms with Crippen LogP contribution < -0.4 is 0 Å². The Morgan fingerprint density at radius 3 is 2.14 bits per heavy atom. The summed E-state index contributed by atoms with van der Waals surface area (Å²) in [5.41, 5.74) is 1.26. The zero-order valence-corrected chi connectivity index (χ0v) is 10.3. The fourth-order valence-electron chi connectivity index (χ4n) is 3.69. The molecule has 0 amide bonds. The van der Waals surface area contributed by atoms with Crippen molar-refractivity contribution in [2.75, 3.05) is 13.1 Å². The predicted molar refractivity (Wildman–Crippen MR) is 61.4 cm³/mol. The Bertz CT molecular complexity index is 217. The first kappa shape index (κ1) is 10.5. The number of hydrogen-bond acceptors (Lipinski definition) is 1. The summed E-state index contributed by atoms with van der Waals surface area (Å²) >= 11 is 0. The molecule has 0 radical (unpaired) electrons. The standard InChI is InChI=1S/C13H25N/c1-5-12(6-2)9-13(11(3)4)7-8-14(13)10-12/h11H,5-10H2,1-4H3. The lowest BCUT2D eigenvalue weighted by Crippen LogP contribution is -2.58. The number of rotatable bonds is 3. The van der Waals surface area contributed by atoms with Crippen LogP contribution in [0.15, 0.2) is 0 Å². The van der Waals surface area contributed by atoms with Crippen LogP contribution in [0, 0.1) is 11.3 Å². The van der Waals surface area contributed by atoms with Gasteiger partial charge in [-0.3, -0.25) is 4.90 Å². The monoisotopic (exact) mass is 195 g/mol. The Morgan fingerprint density at radius 2 is 1.86 bits per heavy atom. The van der Waals surface area contributed by atoms with Crippen molar-refractivity contribution in [3.8, 4) is 0 Å². The van der Waals surface area contributed by atoms with Crippen molar-refractivity contribution in [1.29, 1.82) is 0 Å². The Labute approximate surface area is 88.9 Å². The smallest absolute Gasteiger partial charge is 0.0250 e. The lowest BCUT2D eigenvalue weighted by Gasteiger charge is -2.51. The van der Waals surface area contributed by atoms with Gasteiger partial charge in [-0.1, -0.05) is 27.7 Å². The van der Waals surface area contributed by atoms with Gasteiger partial charge in [0.1, 0.15) is 0 Å². The first-order valence-corrected chi connectivity index (χ1v) is 6.33. The Morgan fingerprint density at radius 1 is 1.21 bits per heavy atom. The maximum atomic E-state index is 2.77. The summed E-state index contributed by atoms with van der Waals surface area (Å²) in [6.45, 7) is 12.3. The third-order valence-electron chi connectivity index (χ3n) is 5.23. The van der Waals surface area contributed by atoms with E-state index in [4.69, 9.17) is 0 Å². The van der Waals surface area contributed by atoms with Crippen LogP contribution in [0.4, 0.5) is 0 Å². The molecule has 2 saturated heterocycles. The van der Waals surface area contributed by atoms with Gasteiger partial charge in [0.2, 0.25) is 0 Å². The summed E-state index contributed by atoms with van der Waals surface area (Å²) < 4.78 is 0. The molecule has 0 aromatic rings. The van der Waals surface area contributed by atoms with Gasteiger partial charge in [-0.05, 0) is 37.0 Å². The van der Waals surface area contributed by atoms with Crippen LogP contribution in [0.25, 0.3) is 0 Å². The highest BCUT2D eigenvalue weighted by atomic mass is 15.3. The van der Waals surface area contributed by atoms with Crippen LogP contribution in [-0.2, 0) is 0 Å². The molecule has 2 heterocycles. The molecule has 1 heteroatoms. The second-order valence-corrected chi connectivity index (χ2v) is 5.81. The fraction of sp³-hybridized carbons (Fsp3) is 1.00. The van der Waals surface area contributed by atoms with E-state index >= 15 is 0 Å². The molecule has 2 aliphatic rings. The van der Waals surface area contributed by atoms with E-state index in [-0.39, 0.29) is 0 Å². The number of nitrogens with zero attached hydrogens (tertiary/aromatic N) is 1. The van der Waals surface area contributed by atoms with Gasteiger partial charge in [-0.15, -0.1) is 0 Å². The maximum Gasteiger partial charge on any atom is 0.0250 e. The lowest BCUT2D eigenvalue weighted by atomic mass is 9.69. The van der Waals surface area contributed by atoms with Gasteiger partial charge in [-0.25, -0.2) is 0 Å². The van der Waals surface area contributed by atoms with Gasteiger partial charge in [0.15, 0.2) is 0 Å². The zero-order chi connectivity index (χ0) is 10.4. The summed E-state index contributed by atoms with van der Waals surface area (Å²) in [5, 5.41) is 0. The maximum absolute atomic E-state index is 2.77. The number of hydrogen-bond donors (Lipinski definition) is 0. The van der Waals surface area contributed by atoms with Gasteiger partial charge in [0, 0.05) is 18.6 Å². The van der Waals surface area contributed by atoms with Crippen LogP contribution in [0.1, 0.15) is 53.4 Å². The largest absolute Gasteiger partial charge is 0.297 e. The average molecular weight is 195 g/mol. The summed E-state index contributed by atoms with van der Waals surface area (Å²) in [6, 6.07) is 0. The minimum atomic E-state index is 0.603. The average Bonchev–Trinajstić information content (AvgIpc) is 2.38. The molecule has 0 aromatic heterocycles. The van der Waals surface area contributed by atoms with Crippen LogP contribution in [0.5, 0.6) is 0 Å². The molecule has 0 spiro atoms. The Balaban J connectivity index is 2.18. The molecular weight excluding hydrogens is 170 g/mol. The molecule has 2 fully saturated rings. The summed E-state index contributed by atoms with van der Waals surface area (Å²) in [5.74, 6) is 0.844. The van der Waals surface area contributed by atoms with Crippen molar-refractivity contribution >= 4 is 0 Å². The van der Waals surface area contributed by atoms with E-state index in [9.17, 15) is 0 Å². The van der Waals surface area contributed by atoms with Crippen molar-refractivity contribution in [3.05, 3.63) is 0 Å². The van der Waals surface area contributed by atoms with Crippen LogP contribution in [0.2, 0.25) is 0 Å². The molecule has 14 heavy (non-hydrogen) atoms. The van der Waals surface area contributed by atoms with Gasteiger partial charge in [0.25, 0.3) is 0 Å². The highest BCUT2D eigenvalue weighted by Gasteiger charge is 2.57. The highest BCUT2D eigenvalue weighted by Crippen LogP contribution is 2.55. The highest BCUT2D eigenvalue weighted by molar-refractivity contribution is 5.12. The summed E-state index contributed by atoms with van der Waals surface area (Å²) in [7, 11) is 0. The number of fused-ring (bicyclic) bond motifs is 1. The second-order valence-electron chi connectivity index (χ2n) is 5.81.